The lowest BCUT2D eigenvalue weighted by molar-refractivity contribution is 0.278. The summed E-state index contributed by atoms with van der Waals surface area (Å²) in [6.45, 7) is 5.98. The fraction of sp³-hybridized carbons (Fsp3) is 0.276. The summed E-state index contributed by atoms with van der Waals surface area (Å²) in [6, 6.07) is 22.3. The molecule has 0 saturated heterocycles. The van der Waals surface area contributed by atoms with E-state index in [0.717, 1.165) is 59.1 Å². The molecule has 5 heteroatoms. The number of para-hydroxylation sites is 2. The average Bonchev–Trinajstić information content (AvgIpc) is 3.21. The van der Waals surface area contributed by atoms with Crippen LogP contribution in [0.2, 0.25) is 0 Å². The van der Waals surface area contributed by atoms with Crippen molar-refractivity contribution in [3.63, 3.8) is 0 Å². The number of benzene rings is 3. The number of methoxy groups -OCH3 is 1. The molecule has 0 aliphatic carbocycles. The van der Waals surface area contributed by atoms with Crippen molar-refractivity contribution in [3.05, 3.63) is 89.8 Å². The molecule has 1 heterocycles. The van der Waals surface area contributed by atoms with Crippen LogP contribution in [0.15, 0.2) is 72.8 Å². The van der Waals surface area contributed by atoms with Gasteiger partial charge >= 0.3 is 0 Å². The maximum Gasteiger partial charge on any atom is 0.161 e. The Labute approximate surface area is 201 Å². The van der Waals surface area contributed by atoms with Gasteiger partial charge in [-0.25, -0.2) is 4.98 Å². The van der Waals surface area contributed by atoms with E-state index in [0.29, 0.717) is 13.2 Å². The first-order valence-electron chi connectivity index (χ1n) is 11.7. The van der Waals surface area contributed by atoms with Crippen LogP contribution in [-0.2, 0) is 13.2 Å². The van der Waals surface area contributed by atoms with Crippen LogP contribution in [0, 0.1) is 6.92 Å². The Morgan fingerprint density at radius 1 is 0.912 bits per heavy atom. The van der Waals surface area contributed by atoms with Crippen LogP contribution in [0.1, 0.15) is 36.7 Å². The van der Waals surface area contributed by atoms with Gasteiger partial charge in [0.2, 0.25) is 0 Å². The van der Waals surface area contributed by atoms with E-state index in [1.165, 1.54) is 5.56 Å². The summed E-state index contributed by atoms with van der Waals surface area (Å²) in [7, 11) is 1.67. The highest BCUT2D eigenvalue weighted by Gasteiger charge is 2.11. The number of allylic oxidation sites excluding steroid dienone is 1. The second kappa shape index (κ2) is 11.4. The van der Waals surface area contributed by atoms with Crippen molar-refractivity contribution < 1.29 is 14.2 Å². The lowest BCUT2D eigenvalue weighted by Gasteiger charge is -2.13. The van der Waals surface area contributed by atoms with Crippen LogP contribution in [0.25, 0.3) is 17.1 Å². The monoisotopic (exact) mass is 456 g/mol. The standard InChI is InChI=1S/C29H32N2O3/c1-4-10-23-15-16-27(28(20-23)32-3)33-18-8-7-17-31-26-14-6-5-13-25(26)30-29(31)21-34-24-12-9-11-22(2)19-24/h4-6,9-16,19-20H,7-8,17-18,21H2,1-3H3/b10-4+. The lowest BCUT2D eigenvalue weighted by Crippen LogP contribution is -2.09. The van der Waals surface area contributed by atoms with Crippen LogP contribution in [0.5, 0.6) is 17.2 Å². The Morgan fingerprint density at radius 3 is 2.62 bits per heavy atom. The average molecular weight is 457 g/mol. The molecule has 0 unspecified atom stereocenters. The lowest BCUT2D eigenvalue weighted by atomic mass is 10.2. The third kappa shape index (κ3) is 5.79. The number of rotatable bonds is 11. The molecule has 4 aromatic rings. The first kappa shape index (κ1) is 23.4. The predicted octanol–water partition coefficient (Wildman–Crippen LogP) is 6.82. The molecule has 1 aromatic heterocycles. The summed E-state index contributed by atoms with van der Waals surface area (Å²) >= 11 is 0. The van der Waals surface area contributed by atoms with Gasteiger partial charge < -0.3 is 18.8 Å². The summed E-state index contributed by atoms with van der Waals surface area (Å²) < 4.78 is 19.8. The Hall–Kier alpha value is -3.73. The highest BCUT2D eigenvalue weighted by molar-refractivity contribution is 5.75. The molecule has 0 amide bonds. The molecule has 0 N–H and O–H groups in total. The third-order valence-corrected chi connectivity index (χ3v) is 5.67. The highest BCUT2D eigenvalue weighted by atomic mass is 16.5. The maximum absolute atomic E-state index is 6.05. The minimum atomic E-state index is 0.435. The number of aromatic nitrogens is 2. The number of hydrogen-bond donors (Lipinski definition) is 0. The van der Waals surface area contributed by atoms with Crippen LogP contribution < -0.4 is 14.2 Å². The maximum atomic E-state index is 6.05. The van der Waals surface area contributed by atoms with E-state index in [1.807, 2.05) is 61.5 Å². The van der Waals surface area contributed by atoms with Gasteiger partial charge in [-0.3, -0.25) is 0 Å². The summed E-state index contributed by atoms with van der Waals surface area (Å²) in [6.07, 6.45) is 5.94. The second-order valence-electron chi connectivity index (χ2n) is 8.24. The normalized spacial score (nSPS) is 11.3. The molecule has 0 bridgehead atoms. The molecule has 0 atom stereocenters. The van der Waals surface area contributed by atoms with Gasteiger partial charge in [-0.15, -0.1) is 0 Å². The molecule has 5 nitrogen and oxygen atoms in total. The van der Waals surface area contributed by atoms with E-state index in [9.17, 15) is 0 Å². The van der Waals surface area contributed by atoms with E-state index >= 15 is 0 Å². The first-order chi connectivity index (χ1) is 16.7. The van der Waals surface area contributed by atoms with Crippen LogP contribution in [-0.4, -0.2) is 23.3 Å². The zero-order valence-corrected chi connectivity index (χ0v) is 20.2. The molecule has 176 valence electrons. The molecule has 0 fully saturated rings. The largest absolute Gasteiger partial charge is 0.493 e. The van der Waals surface area contributed by atoms with Gasteiger partial charge in [0.05, 0.1) is 24.8 Å². The van der Waals surface area contributed by atoms with E-state index in [-0.39, 0.29) is 0 Å². The number of aryl methyl sites for hydroxylation is 2. The predicted molar refractivity (Wildman–Crippen MR) is 138 cm³/mol. The molecule has 0 saturated carbocycles. The molecule has 4 rings (SSSR count). The SMILES string of the molecule is C/C=C/c1ccc(OCCCCn2c(COc3cccc(C)c3)nc3ccccc32)c(OC)c1. The van der Waals surface area contributed by atoms with Gasteiger partial charge in [-0.1, -0.05) is 42.5 Å². The summed E-state index contributed by atoms with van der Waals surface area (Å²) in [4.78, 5) is 4.83. The third-order valence-electron chi connectivity index (χ3n) is 5.67. The topological polar surface area (TPSA) is 45.5 Å². The Balaban J connectivity index is 1.37. The van der Waals surface area contributed by atoms with Crippen molar-refractivity contribution in [3.8, 4) is 17.2 Å². The second-order valence-corrected chi connectivity index (χ2v) is 8.24. The van der Waals surface area contributed by atoms with Gasteiger partial charge in [0.25, 0.3) is 0 Å². The van der Waals surface area contributed by atoms with Gasteiger partial charge in [0.15, 0.2) is 11.5 Å². The Bertz CT molecular complexity index is 1260. The molecule has 34 heavy (non-hydrogen) atoms. The van der Waals surface area contributed by atoms with E-state index in [4.69, 9.17) is 19.2 Å². The Morgan fingerprint density at radius 2 is 1.79 bits per heavy atom. The number of imidazole rings is 1. The molecule has 0 radical (unpaired) electrons. The fourth-order valence-corrected chi connectivity index (χ4v) is 3.99. The van der Waals surface area contributed by atoms with Crippen LogP contribution in [0.3, 0.4) is 0 Å². The molecular formula is C29H32N2O3. The summed E-state index contributed by atoms with van der Waals surface area (Å²) in [5, 5.41) is 0. The van der Waals surface area contributed by atoms with Crippen LogP contribution in [0.4, 0.5) is 0 Å². The number of fused-ring (bicyclic) bond motifs is 1. The van der Waals surface area contributed by atoms with Crippen molar-refractivity contribution >= 4 is 17.1 Å². The van der Waals surface area contributed by atoms with Crippen molar-refractivity contribution in [2.45, 2.75) is 39.8 Å². The van der Waals surface area contributed by atoms with Gasteiger partial charge in [-0.2, -0.15) is 0 Å². The van der Waals surface area contributed by atoms with E-state index in [1.54, 1.807) is 7.11 Å². The quantitative estimate of drug-likeness (QED) is 0.232. The summed E-state index contributed by atoms with van der Waals surface area (Å²) in [5.74, 6) is 3.33. The molecule has 0 spiro atoms. The molecule has 0 aliphatic rings. The number of hydrogen-bond acceptors (Lipinski definition) is 4. The van der Waals surface area contributed by atoms with Crippen LogP contribution >= 0.6 is 0 Å². The fourth-order valence-electron chi connectivity index (χ4n) is 3.99. The van der Waals surface area contributed by atoms with Crippen molar-refractivity contribution in [2.75, 3.05) is 13.7 Å². The van der Waals surface area contributed by atoms with Crippen molar-refractivity contribution in [1.82, 2.24) is 9.55 Å². The minimum absolute atomic E-state index is 0.435. The van der Waals surface area contributed by atoms with Gasteiger partial charge in [0.1, 0.15) is 18.2 Å². The first-order valence-corrected chi connectivity index (χ1v) is 11.7. The molecule has 3 aromatic carbocycles. The van der Waals surface area contributed by atoms with Gasteiger partial charge in [0, 0.05) is 6.54 Å². The molecule has 0 aliphatic heterocycles. The zero-order chi connectivity index (χ0) is 23.8. The zero-order valence-electron chi connectivity index (χ0n) is 20.2. The van der Waals surface area contributed by atoms with Gasteiger partial charge in [-0.05, 0) is 74.2 Å². The molecular weight excluding hydrogens is 424 g/mol. The van der Waals surface area contributed by atoms with E-state index in [2.05, 4.69) is 35.8 Å². The Kier molecular flexibility index (Phi) is 7.87. The minimum Gasteiger partial charge on any atom is -0.493 e. The number of nitrogens with zero attached hydrogens (tertiary/aromatic N) is 2. The number of unbranched alkanes of at least 4 members (excludes halogenated alkanes) is 1. The summed E-state index contributed by atoms with van der Waals surface area (Å²) in [5.41, 5.74) is 4.40. The highest BCUT2D eigenvalue weighted by Crippen LogP contribution is 2.29. The smallest absolute Gasteiger partial charge is 0.161 e. The number of ether oxygens (including phenoxy) is 3. The van der Waals surface area contributed by atoms with Crippen molar-refractivity contribution in [1.29, 1.82) is 0 Å². The van der Waals surface area contributed by atoms with Crippen molar-refractivity contribution in [2.24, 2.45) is 0 Å². The van der Waals surface area contributed by atoms with E-state index < -0.39 is 0 Å².